The van der Waals surface area contributed by atoms with Gasteiger partial charge in [0.1, 0.15) is 29.1 Å². The van der Waals surface area contributed by atoms with E-state index >= 15 is 0 Å². The van der Waals surface area contributed by atoms with Crippen molar-refractivity contribution in [1.29, 1.82) is 0 Å². The quantitative estimate of drug-likeness (QED) is 0.341. The summed E-state index contributed by atoms with van der Waals surface area (Å²) in [6.07, 6.45) is 1.59. The van der Waals surface area contributed by atoms with Crippen molar-refractivity contribution >= 4 is 29.4 Å². The van der Waals surface area contributed by atoms with Crippen molar-refractivity contribution in [3.63, 3.8) is 0 Å². The molecule has 0 spiro atoms. The fraction of sp³-hybridized carbons (Fsp3) is 0.172. The van der Waals surface area contributed by atoms with Gasteiger partial charge in [-0.2, -0.15) is 0 Å². The summed E-state index contributed by atoms with van der Waals surface area (Å²) in [7, 11) is 4.30. The summed E-state index contributed by atoms with van der Waals surface area (Å²) in [6, 6.07) is 14.1. The van der Waals surface area contributed by atoms with Crippen LogP contribution in [0.25, 0.3) is 17.4 Å². The van der Waals surface area contributed by atoms with Gasteiger partial charge in [-0.3, -0.25) is 9.36 Å². The molecule has 2 aromatic heterocycles. The molecule has 10 nitrogen and oxygen atoms in total. The summed E-state index contributed by atoms with van der Waals surface area (Å²) >= 11 is 1.15. The van der Waals surface area contributed by atoms with Gasteiger partial charge in [-0.25, -0.2) is 14.6 Å². The lowest BCUT2D eigenvalue weighted by atomic mass is 9.95. The fourth-order valence-electron chi connectivity index (χ4n) is 4.55. The van der Waals surface area contributed by atoms with Gasteiger partial charge in [-0.05, 0) is 43.3 Å². The minimum absolute atomic E-state index is 0.134. The number of nitrogens with zero attached hydrogens (tertiary/aromatic N) is 2. The lowest BCUT2D eigenvalue weighted by molar-refractivity contribution is -0.136. The van der Waals surface area contributed by atoms with Crippen molar-refractivity contribution in [2.75, 3.05) is 21.3 Å². The van der Waals surface area contributed by atoms with E-state index in [0.29, 0.717) is 49.2 Å². The van der Waals surface area contributed by atoms with Gasteiger partial charge in [0.15, 0.2) is 4.80 Å². The maximum atomic E-state index is 13.8. The van der Waals surface area contributed by atoms with Crippen LogP contribution in [0.3, 0.4) is 0 Å². The molecule has 1 atom stereocenters. The number of esters is 1. The normalized spacial score (nSPS) is 14.9. The molecule has 0 radical (unpaired) electrons. The summed E-state index contributed by atoms with van der Waals surface area (Å²) in [4.78, 5) is 43.0. The average molecular weight is 561 g/mol. The van der Waals surface area contributed by atoms with Gasteiger partial charge in [0, 0.05) is 23.3 Å². The van der Waals surface area contributed by atoms with Crippen LogP contribution < -0.4 is 24.4 Å². The van der Waals surface area contributed by atoms with E-state index in [9.17, 15) is 19.5 Å². The monoisotopic (exact) mass is 560 g/mol. The van der Waals surface area contributed by atoms with Gasteiger partial charge in [0.2, 0.25) is 0 Å². The van der Waals surface area contributed by atoms with Crippen LogP contribution in [0.15, 0.2) is 80.1 Å². The number of carbonyl (C=O) groups is 2. The van der Waals surface area contributed by atoms with Crippen LogP contribution in [0.1, 0.15) is 34.6 Å². The predicted octanol–water partition coefficient (Wildman–Crippen LogP) is 3.38. The molecule has 0 bridgehead atoms. The second kappa shape index (κ2) is 10.7. The van der Waals surface area contributed by atoms with Crippen molar-refractivity contribution in [2.45, 2.75) is 13.0 Å². The first kappa shape index (κ1) is 26.7. The SMILES string of the molecule is COC(=O)C1=C(C)N=c2sc(=Cc3ccc(-c4cccc(C(=O)O)c4)o3)c(=O)n2C1c1ccc(OC)cc1OC. The molecule has 5 rings (SSSR count). The number of furan rings is 1. The van der Waals surface area contributed by atoms with Crippen LogP contribution in [0, 0.1) is 0 Å². The van der Waals surface area contributed by atoms with Crippen LogP contribution in [0.5, 0.6) is 11.5 Å². The van der Waals surface area contributed by atoms with Gasteiger partial charge < -0.3 is 23.7 Å². The number of aromatic carboxylic acids is 1. The van der Waals surface area contributed by atoms with Gasteiger partial charge in [0.25, 0.3) is 5.56 Å². The van der Waals surface area contributed by atoms with Gasteiger partial charge in [-0.15, -0.1) is 0 Å². The zero-order valence-corrected chi connectivity index (χ0v) is 22.8. The highest BCUT2D eigenvalue weighted by Gasteiger charge is 2.35. The lowest BCUT2D eigenvalue weighted by Gasteiger charge is -2.25. The molecule has 1 aliphatic heterocycles. The first-order chi connectivity index (χ1) is 19.2. The van der Waals surface area contributed by atoms with E-state index in [2.05, 4.69) is 4.99 Å². The molecule has 0 aliphatic carbocycles. The molecule has 0 fully saturated rings. The Morgan fingerprint density at radius 2 is 1.88 bits per heavy atom. The Morgan fingerprint density at radius 3 is 2.58 bits per heavy atom. The van der Waals surface area contributed by atoms with E-state index in [-0.39, 0.29) is 16.7 Å². The van der Waals surface area contributed by atoms with Crippen molar-refractivity contribution < 1.29 is 33.3 Å². The molecular weight excluding hydrogens is 536 g/mol. The summed E-state index contributed by atoms with van der Waals surface area (Å²) in [5.41, 5.74) is 1.53. The molecule has 0 amide bonds. The molecular formula is C29H24N2O8S. The highest BCUT2D eigenvalue weighted by atomic mass is 32.1. The van der Waals surface area contributed by atoms with Crippen LogP contribution in [-0.4, -0.2) is 42.9 Å². The number of methoxy groups -OCH3 is 3. The average Bonchev–Trinajstić information content (AvgIpc) is 3.55. The molecule has 1 unspecified atom stereocenters. The van der Waals surface area contributed by atoms with Crippen LogP contribution in [-0.2, 0) is 9.53 Å². The Kier molecular flexibility index (Phi) is 7.14. The molecule has 40 heavy (non-hydrogen) atoms. The smallest absolute Gasteiger partial charge is 0.338 e. The first-order valence-electron chi connectivity index (χ1n) is 12.0. The maximum Gasteiger partial charge on any atom is 0.338 e. The van der Waals surface area contributed by atoms with Crippen molar-refractivity contribution in [1.82, 2.24) is 4.57 Å². The zero-order chi connectivity index (χ0) is 28.6. The third kappa shape index (κ3) is 4.71. The topological polar surface area (TPSA) is 130 Å². The van der Waals surface area contributed by atoms with Gasteiger partial charge >= 0.3 is 11.9 Å². The number of rotatable bonds is 7. The molecule has 0 saturated carbocycles. The highest BCUT2D eigenvalue weighted by molar-refractivity contribution is 7.07. The van der Waals surface area contributed by atoms with Crippen LogP contribution in [0.2, 0.25) is 0 Å². The number of allylic oxidation sites excluding steroid dienone is 1. The molecule has 2 aromatic carbocycles. The number of carboxylic acid groups (broad SMARTS) is 1. The van der Waals surface area contributed by atoms with Crippen molar-refractivity contribution in [3.05, 3.63) is 102 Å². The van der Waals surface area contributed by atoms with E-state index in [0.717, 1.165) is 11.3 Å². The van der Waals surface area contributed by atoms with E-state index in [1.165, 1.54) is 38.0 Å². The van der Waals surface area contributed by atoms with Gasteiger partial charge in [0.05, 0.1) is 42.7 Å². The third-order valence-electron chi connectivity index (χ3n) is 6.46. The van der Waals surface area contributed by atoms with Gasteiger partial charge in [-0.1, -0.05) is 23.5 Å². The number of benzene rings is 2. The highest BCUT2D eigenvalue weighted by Crippen LogP contribution is 2.37. The number of hydrogen-bond acceptors (Lipinski definition) is 9. The summed E-state index contributed by atoms with van der Waals surface area (Å²) in [5, 5.41) is 9.29. The fourth-order valence-corrected chi connectivity index (χ4v) is 5.58. The van der Waals surface area contributed by atoms with E-state index in [4.69, 9.17) is 18.6 Å². The maximum absolute atomic E-state index is 13.8. The first-order valence-corrected chi connectivity index (χ1v) is 12.8. The number of carbonyl (C=O) groups excluding carboxylic acids is 1. The zero-order valence-electron chi connectivity index (χ0n) is 22.0. The minimum atomic E-state index is -1.04. The molecule has 1 N–H and O–H groups in total. The number of thiazole rings is 1. The number of carboxylic acids is 1. The standard InChI is InChI=1S/C29H24N2O8S/c1-15-24(28(35)38-4)25(20-10-8-18(36-2)13-22(20)37-3)31-26(32)23(40-29(31)30-15)14-19-9-11-21(39-19)16-6-5-7-17(12-16)27(33)34/h5-14,25H,1-4H3,(H,33,34). The predicted molar refractivity (Wildman–Crippen MR) is 146 cm³/mol. The second-order valence-electron chi connectivity index (χ2n) is 8.77. The van der Waals surface area contributed by atoms with E-state index in [1.807, 2.05) is 0 Å². The largest absolute Gasteiger partial charge is 0.497 e. The molecule has 11 heteroatoms. The Morgan fingerprint density at radius 1 is 1.07 bits per heavy atom. The Balaban J connectivity index is 1.65. The number of fused-ring (bicyclic) bond motifs is 1. The second-order valence-corrected chi connectivity index (χ2v) is 9.78. The van der Waals surface area contributed by atoms with Crippen LogP contribution >= 0.6 is 11.3 Å². The van der Waals surface area contributed by atoms with E-state index in [1.54, 1.807) is 55.5 Å². The molecule has 204 valence electrons. The molecule has 0 saturated heterocycles. The summed E-state index contributed by atoms with van der Waals surface area (Å²) < 4.78 is 23.7. The van der Waals surface area contributed by atoms with Crippen molar-refractivity contribution in [3.8, 4) is 22.8 Å². The molecule has 1 aliphatic rings. The van der Waals surface area contributed by atoms with Crippen molar-refractivity contribution in [2.24, 2.45) is 4.99 Å². The summed E-state index contributed by atoms with van der Waals surface area (Å²) in [5.74, 6) is 0.164. The molecule has 4 aromatic rings. The van der Waals surface area contributed by atoms with Crippen LogP contribution in [0.4, 0.5) is 0 Å². The Hall–Kier alpha value is -4.90. The number of aromatic nitrogens is 1. The number of hydrogen-bond donors (Lipinski definition) is 1. The number of ether oxygens (including phenoxy) is 3. The lowest BCUT2D eigenvalue weighted by Crippen LogP contribution is -2.40. The Bertz CT molecular complexity index is 1860. The minimum Gasteiger partial charge on any atom is -0.497 e. The summed E-state index contributed by atoms with van der Waals surface area (Å²) in [6.45, 7) is 1.69. The third-order valence-corrected chi connectivity index (χ3v) is 7.44. The molecule has 3 heterocycles. The Labute approximate surface area is 231 Å². The van der Waals surface area contributed by atoms with E-state index < -0.39 is 18.0 Å².